The van der Waals surface area contributed by atoms with Crippen LogP contribution in [0.15, 0.2) is 18.2 Å². The second-order valence-electron chi connectivity index (χ2n) is 3.57. The van der Waals surface area contributed by atoms with Crippen molar-refractivity contribution >= 4 is 10.0 Å². The highest BCUT2D eigenvalue weighted by atomic mass is 32.2. The van der Waals surface area contributed by atoms with Crippen molar-refractivity contribution in [1.29, 1.82) is 0 Å². The van der Waals surface area contributed by atoms with Gasteiger partial charge in [-0.25, -0.2) is 13.1 Å². The summed E-state index contributed by atoms with van der Waals surface area (Å²) in [5.74, 6) is 0.270. The fourth-order valence-corrected chi connectivity index (χ4v) is 2.09. The Morgan fingerprint density at radius 1 is 1.31 bits per heavy atom. The van der Waals surface area contributed by atoms with Crippen LogP contribution in [0.4, 0.5) is 0 Å². The standard InChI is InChI=1S/C11H17NO3S/c1-4-12-16(13,14)8-15-11-7-5-6-9(2)10(11)3/h5-7,12H,4,8H2,1-3H3. The minimum Gasteiger partial charge on any atom is -0.476 e. The van der Waals surface area contributed by atoms with Crippen molar-refractivity contribution in [2.75, 3.05) is 12.5 Å². The number of hydrogen-bond donors (Lipinski definition) is 1. The molecule has 4 nitrogen and oxygen atoms in total. The van der Waals surface area contributed by atoms with Crippen molar-refractivity contribution in [1.82, 2.24) is 4.72 Å². The molecular formula is C11H17NO3S. The molecule has 0 atom stereocenters. The fraction of sp³-hybridized carbons (Fsp3) is 0.455. The molecule has 0 fully saturated rings. The molecule has 0 heterocycles. The molecule has 1 N–H and O–H groups in total. The third-order valence-electron chi connectivity index (χ3n) is 2.29. The average Bonchev–Trinajstić information content (AvgIpc) is 2.20. The number of benzene rings is 1. The van der Waals surface area contributed by atoms with Crippen LogP contribution in [0.3, 0.4) is 0 Å². The Labute approximate surface area is 96.7 Å². The second kappa shape index (κ2) is 5.32. The van der Waals surface area contributed by atoms with E-state index in [4.69, 9.17) is 4.74 Å². The Morgan fingerprint density at radius 2 is 2.00 bits per heavy atom. The maximum atomic E-state index is 11.4. The van der Waals surface area contributed by atoms with Gasteiger partial charge in [-0.15, -0.1) is 0 Å². The topological polar surface area (TPSA) is 55.4 Å². The van der Waals surface area contributed by atoms with E-state index in [1.54, 1.807) is 13.0 Å². The number of sulfonamides is 1. The average molecular weight is 243 g/mol. The van der Waals surface area contributed by atoms with Crippen LogP contribution in [0.2, 0.25) is 0 Å². The first-order valence-electron chi connectivity index (χ1n) is 5.12. The van der Waals surface area contributed by atoms with Crippen LogP contribution in [0, 0.1) is 13.8 Å². The quantitative estimate of drug-likeness (QED) is 0.854. The van der Waals surface area contributed by atoms with E-state index in [1.165, 1.54) is 0 Å². The second-order valence-corrected chi connectivity index (χ2v) is 5.33. The summed E-state index contributed by atoms with van der Waals surface area (Å²) in [5, 5.41) is 0. The lowest BCUT2D eigenvalue weighted by molar-refractivity contribution is 0.371. The molecule has 0 bridgehead atoms. The number of nitrogens with one attached hydrogen (secondary N) is 1. The van der Waals surface area contributed by atoms with E-state index in [2.05, 4.69) is 4.72 Å². The highest BCUT2D eigenvalue weighted by Crippen LogP contribution is 2.20. The zero-order valence-corrected chi connectivity index (χ0v) is 10.6. The predicted molar refractivity (Wildman–Crippen MR) is 64.0 cm³/mol. The van der Waals surface area contributed by atoms with Crippen molar-refractivity contribution < 1.29 is 13.2 Å². The summed E-state index contributed by atoms with van der Waals surface area (Å²) in [7, 11) is -3.33. The molecule has 1 aromatic carbocycles. The zero-order chi connectivity index (χ0) is 12.2. The number of rotatable bonds is 5. The van der Waals surface area contributed by atoms with Crippen molar-refractivity contribution in [3.05, 3.63) is 29.3 Å². The summed E-state index contributed by atoms with van der Waals surface area (Å²) in [5.41, 5.74) is 2.05. The van der Waals surface area contributed by atoms with Gasteiger partial charge in [0.1, 0.15) is 5.75 Å². The maximum absolute atomic E-state index is 11.4. The number of aryl methyl sites for hydroxylation is 1. The first kappa shape index (κ1) is 13.0. The lowest BCUT2D eigenvalue weighted by Gasteiger charge is -2.11. The van der Waals surface area contributed by atoms with Crippen LogP contribution in [-0.2, 0) is 10.0 Å². The molecule has 0 aliphatic rings. The molecule has 0 spiro atoms. The van der Waals surface area contributed by atoms with E-state index in [9.17, 15) is 8.42 Å². The van der Waals surface area contributed by atoms with Gasteiger partial charge in [0.25, 0.3) is 0 Å². The van der Waals surface area contributed by atoms with Gasteiger partial charge < -0.3 is 4.74 Å². The molecule has 1 rings (SSSR count). The van der Waals surface area contributed by atoms with Gasteiger partial charge in [0.05, 0.1) is 0 Å². The Morgan fingerprint density at radius 3 is 2.62 bits per heavy atom. The lowest BCUT2D eigenvalue weighted by Crippen LogP contribution is -2.28. The molecule has 0 radical (unpaired) electrons. The number of hydrogen-bond acceptors (Lipinski definition) is 3. The van der Waals surface area contributed by atoms with Gasteiger partial charge in [-0.1, -0.05) is 19.1 Å². The molecule has 90 valence electrons. The van der Waals surface area contributed by atoms with E-state index < -0.39 is 10.0 Å². The highest BCUT2D eigenvalue weighted by Gasteiger charge is 2.10. The smallest absolute Gasteiger partial charge is 0.246 e. The first-order chi connectivity index (χ1) is 7.46. The summed E-state index contributed by atoms with van der Waals surface area (Å²) in [4.78, 5) is 0. The van der Waals surface area contributed by atoms with E-state index in [0.29, 0.717) is 12.3 Å². The van der Waals surface area contributed by atoms with Crippen LogP contribution in [0.5, 0.6) is 5.75 Å². The minimum atomic E-state index is -3.33. The van der Waals surface area contributed by atoms with Crippen molar-refractivity contribution in [2.24, 2.45) is 0 Å². The molecule has 0 aromatic heterocycles. The van der Waals surface area contributed by atoms with Crippen LogP contribution in [-0.4, -0.2) is 20.9 Å². The molecule has 5 heteroatoms. The monoisotopic (exact) mass is 243 g/mol. The third kappa shape index (κ3) is 3.50. The molecule has 0 saturated heterocycles. The number of ether oxygens (including phenoxy) is 1. The molecule has 16 heavy (non-hydrogen) atoms. The molecular weight excluding hydrogens is 226 g/mol. The highest BCUT2D eigenvalue weighted by molar-refractivity contribution is 7.89. The van der Waals surface area contributed by atoms with Crippen molar-refractivity contribution in [3.8, 4) is 5.75 Å². The SMILES string of the molecule is CCNS(=O)(=O)COc1cccc(C)c1C. The van der Waals surface area contributed by atoms with Gasteiger partial charge in [0.2, 0.25) is 16.0 Å². The normalized spacial score (nSPS) is 11.4. The van der Waals surface area contributed by atoms with Crippen LogP contribution >= 0.6 is 0 Å². The molecule has 0 aliphatic heterocycles. The first-order valence-corrected chi connectivity index (χ1v) is 6.78. The van der Waals surface area contributed by atoms with E-state index in [1.807, 2.05) is 26.0 Å². The van der Waals surface area contributed by atoms with Gasteiger partial charge in [-0.05, 0) is 31.0 Å². The van der Waals surface area contributed by atoms with Crippen LogP contribution < -0.4 is 9.46 Å². The molecule has 0 unspecified atom stereocenters. The van der Waals surface area contributed by atoms with Gasteiger partial charge in [0.15, 0.2) is 0 Å². The van der Waals surface area contributed by atoms with Gasteiger partial charge >= 0.3 is 0 Å². The van der Waals surface area contributed by atoms with Gasteiger partial charge in [-0.2, -0.15) is 0 Å². The molecule has 0 amide bonds. The van der Waals surface area contributed by atoms with E-state index in [-0.39, 0.29) is 5.94 Å². The molecule has 0 aliphatic carbocycles. The lowest BCUT2D eigenvalue weighted by atomic mass is 10.1. The van der Waals surface area contributed by atoms with E-state index >= 15 is 0 Å². The third-order valence-corrected chi connectivity index (χ3v) is 3.45. The van der Waals surface area contributed by atoms with Crippen LogP contribution in [0.25, 0.3) is 0 Å². The summed E-state index contributed by atoms with van der Waals surface area (Å²) < 4.78 is 30.4. The predicted octanol–water partition coefficient (Wildman–Crippen LogP) is 1.58. The Bertz CT molecular complexity index is 454. The van der Waals surface area contributed by atoms with Crippen LogP contribution in [0.1, 0.15) is 18.1 Å². The zero-order valence-electron chi connectivity index (χ0n) is 9.78. The van der Waals surface area contributed by atoms with Crippen molar-refractivity contribution in [3.63, 3.8) is 0 Å². The van der Waals surface area contributed by atoms with Crippen molar-refractivity contribution in [2.45, 2.75) is 20.8 Å². The Hall–Kier alpha value is -1.07. The fourth-order valence-electron chi connectivity index (χ4n) is 1.28. The Kier molecular flexibility index (Phi) is 4.32. The van der Waals surface area contributed by atoms with E-state index in [0.717, 1.165) is 11.1 Å². The molecule has 1 aromatic rings. The van der Waals surface area contributed by atoms with Gasteiger partial charge in [0, 0.05) is 6.54 Å². The Balaban J connectivity index is 2.72. The largest absolute Gasteiger partial charge is 0.476 e. The summed E-state index contributed by atoms with van der Waals surface area (Å²) in [6.45, 7) is 5.97. The van der Waals surface area contributed by atoms with Gasteiger partial charge in [-0.3, -0.25) is 0 Å². The maximum Gasteiger partial charge on any atom is 0.246 e. The molecule has 0 saturated carbocycles. The summed E-state index contributed by atoms with van der Waals surface area (Å²) in [6.07, 6.45) is 0. The summed E-state index contributed by atoms with van der Waals surface area (Å²) in [6, 6.07) is 5.57. The summed E-state index contributed by atoms with van der Waals surface area (Å²) >= 11 is 0. The minimum absolute atomic E-state index is 0.342.